The molecular weight excluding hydrogens is 260 g/mol. The first-order chi connectivity index (χ1) is 9.16. The molecule has 1 aromatic carbocycles. The van der Waals surface area contributed by atoms with Crippen molar-refractivity contribution >= 4 is 10.0 Å². The van der Waals surface area contributed by atoms with E-state index >= 15 is 0 Å². The van der Waals surface area contributed by atoms with Gasteiger partial charge in [0.1, 0.15) is 6.54 Å². The summed E-state index contributed by atoms with van der Waals surface area (Å²) in [6.07, 6.45) is 4.94. The summed E-state index contributed by atoms with van der Waals surface area (Å²) in [5.41, 5.74) is 0. The predicted molar refractivity (Wildman–Crippen MR) is 72.8 cm³/mol. The predicted octanol–water partition coefficient (Wildman–Crippen LogP) is 2.53. The fourth-order valence-electron chi connectivity index (χ4n) is 2.58. The third-order valence-corrected chi connectivity index (χ3v) is 5.47. The number of nitriles is 1. The largest absolute Gasteiger partial charge is 0.244 e. The molecule has 4 nitrogen and oxygen atoms in total. The van der Waals surface area contributed by atoms with Gasteiger partial charge in [0, 0.05) is 6.04 Å². The summed E-state index contributed by atoms with van der Waals surface area (Å²) in [6, 6.07) is 10.3. The van der Waals surface area contributed by atoms with Crippen LogP contribution in [0.4, 0.5) is 0 Å². The third kappa shape index (κ3) is 3.14. The van der Waals surface area contributed by atoms with Gasteiger partial charge < -0.3 is 0 Å². The van der Waals surface area contributed by atoms with Crippen LogP contribution in [0.5, 0.6) is 0 Å². The Bertz CT molecular complexity index is 543. The van der Waals surface area contributed by atoms with Gasteiger partial charge in [-0.2, -0.15) is 9.57 Å². The molecule has 102 valence electrons. The Morgan fingerprint density at radius 2 is 1.79 bits per heavy atom. The number of nitrogens with zero attached hydrogens (tertiary/aromatic N) is 2. The van der Waals surface area contributed by atoms with E-state index in [0.717, 1.165) is 32.1 Å². The molecular formula is C14H18N2O2S. The Kier molecular flexibility index (Phi) is 4.56. The zero-order chi connectivity index (χ0) is 13.7. The van der Waals surface area contributed by atoms with Crippen LogP contribution in [-0.4, -0.2) is 25.3 Å². The van der Waals surface area contributed by atoms with Crippen molar-refractivity contribution < 1.29 is 8.42 Å². The minimum absolute atomic E-state index is 0.0291. The SMILES string of the molecule is N#CCN(C1CCCCC1)S(=O)(=O)c1ccccc1. The van der Waals surface area contributed by atoms with Crippen LogP contribution in [0.1, 0.15) is 32.1 Å². The minimum atomic E-state index is -3.55. The van der Waals surface area contributed by atoms with E-state index in [1.54, 1.807) is 30.3 Å². The van der Waals surface area contributed by atoms with Crippen molar-refractivity contribution in [3.63, 3.8) is 0 Å². The Labute approximate surface area is 114 Å². The van der Waals surface area contributed by atoms with Crippen molar-refractivity contribution in [2.24, 2.45) is 0 Å². The Balaban J connectivity index is 2.30. The molecule has 0 heterocycles. The molecule has 0 N–H and O–H groups in total. The third-order valence-electron chi connectivity index (χ3n) is 3.56. The summed E-state index contributed by atoms with van der Waals surface area (Å²) < 4.78 is 26.6. The highest BCUT2D eigenvalue weighted by atomic mass is 32.2. The lowest BCUT2D eigenvalue weighted by atomic mass is 9.95. The molecule has 1 saturated carbocycles. The zero-order valence-corrected chi connectivity index (χ0v) is 11.6. The maximum Gasteiger partial charge on any atom is 0.244 e. The van der Waals surface area contributed by atoms with Gasteiger partial charge in [0.2, 0.25) is 10.0 Å². The molecule has 0 unspecified atom stereocenters. The fourth-order valence-corrected chi connectivity index (χ4v) is 4.18. The van der Waals surface area contributed by atoms with Crippen LogP contribution in [0.3, 0.4) is 0 Å². The van der Waals surface area contributed by atoms with E-state index in [0.29, 0.717) is 0 Å². The lowest BCUT2D eigenvalue weighted by Gasteiger charge is -2.31. The number of rotatable bonds is 4. The first-order valence-electron chi connectivity index (χ1n) is 6.60. The molecule has 19 heavy (non-hydrogen) atoms. The van der Waals surface area contributed by atoms with Crippen LogP contribution in [0.25, 0.3) is 0 Å². The van der Waals surface area contributed by atoms with E-state index in [-0.39, 0.29) is 17.5 Å². The van der Waals surface area contributed by atoms with E-state index in [1.807, 2.05) is 6.07 Å². The van der Waals surface area contributed by atoms with Gasteiger partial charge in [0.15, 0.2) is 0 Å². The molecule has 0 aromatic heterocycles. The van der Waals surface area contributed by atoms with E-state index < -0.39 is 10.0 Å². The fraction of sp³-hybridized carbons (Fsp3) is 0.500. The van der Waals surface area contributed by atoms with Crippen LogP contribution in [0.15, 0.2) is 35.2 Å². The lowest BCUT2D eigenvalue weighted by Crippen LogP contribution is -2.41. The Morgan fingerprint density at radius 1 is 1.16 bits per heavy atom. The molecule has 0 amide bonds. The van der Waals surface area contributed by atoms with Gasteiger partial charge >= 0.3 is 0 Å². The average molecular weight is 278 g/mol. The highest BCUT2D eigenvalue weighted by Gasteiger charge is 2.31. The normalized spacial score (nSPS) is 17.3. The average Bonchev–Trinajstić information content (AvgIpc) is 2.46. The molecule has 1 aliphatic rings. The quantitative estimate of drug-likeness (QED) is 0.795. The summed E-state index contributed by atoms with van der Waals surface area (Å²) in [4.78, 5) is 0.274. The summed E-state index contributed by atoms with van der Waals surface area (Å²) in [5, 5.41) is 8.92. The minimum Gasteiger partial charge on any atom is -0.207 e. The van der Waals surface area contributed by atoms with Crippen molar-refractivity contribution in [3.8, 4) is 6.07 Å². The molecule has 1 fully saturated rings. The second kappa shape index (κ2) is 6.18. The summed E-state index contributed by atoms with van der Waals surface area (Å²) in [5.74, 6) is 0. The van der Waals surface area contributed by atoms with E-state index in [4.69, 9.17) is 5.26 Å². The maximum absolute atomic E-state index is 12.6. The number of hydrogen-bond acceptors (Lipinski definition) is 3. The standard InChI is InChI=1S/C14H18N2O2S/c15-11-12-16(13-7-3-1-4-8-13)19(17,18)14-9-5-2-6-10-14/h2,5-6,9-10,13H,1,3-4,7-8,12H2. The Morgan fingerprint density at radius 3 is 2.37 bits per heavy atom. The second-order valence-electron chi connectivity index (χ2n) is 4.81. The highest BCUT2D eigenvalue weighted by Crippen LogP contribution is 2.27. The van der Waals surface area contributed by atoms with Crippen LogP contribution in [0.2, 0.25) is 0 Å². The van der Waals surface area contributed by atoms with Crippen LogP contribution >= 0.6 is 0 Å². The number of hydrogen-bond donors (Lipinski definition) is 0. The van der Waals surface area contributed by atoms with Gasteiger partial charge in [-0.3, -0.25) is 0 Å². The van der Waals surface area contributed by atoms with Crippen molar-refractivity contribution in [2.45, 2.75) is 43.0 Å². The molecule has 0 aliphatic heterocycles. The molecule has 0 radical (unpaired) electrons. The molecule has 0 atom stereocenters. The molecule has 2 rings (SSSR count). The van der Waals surface area contributed by atoms with Gasteiger partial charge in [-0.05, 0) is 25.0 Å². The monoisotopic (exact) mass is 278 g/mol. The smallest absolute Gasteiger partial charge is 0.207 e. The first-order valence-corrected chi connectivity index (χ1v) is 8.04. The van der Waals surface area contributed by atoms with Gasteiger partial charge in [0.05, 0.1) is 11.0 Å². The van der Waals surface area contributed by atoms with Crippen molar-refractivity contribution in [1.82, 2.24) is 4.31 Å². The first kappa shape index (κ1) is 14.0. The van der Waals surface area contributed by atoms with Crippen molar-refractivity contribution in [3.05, 3.63) is 30.3 Å². The van der Waals surface area contributed by atoms with Crippen molar-refractivity contribution in [1.29, 1.82) is 5.26 Å². The van der Waals surface area contributed by atoms with Crippen LogP contribution in [-0.2, 0) is 10.0 Å². The molecule has 0 spiro atoms. The molecule has 1 aromatic rings. The lowest BCUT2D eigenvalue weighted by molar-refractivity contribution is 0.271. The Hall–Kier alpha value is -1.38. The second-order valence-corrected chi connectivity index (χ2v) is 6.70. The molecule has 1 aliphatic carbocycles. The number of benzene rings is 1. The summed E-state index contributed by atoms with van der Waals surface area (Å²) >= 11 is 0. The molecule has 5 heteroatoms. The van der Waals surface area contributed by atoms with E-state index in [9.17, 15) is 8.42 Å². The van der Waals surface area contributed by atoms with Crippen molar-refractivity contribution in [2.75, 3.05) is 6.54 Å². The number of sulfonamides is 1. The topological polar surface area (TPSA) is 61.2 Å². The van der Waals surface area contributed by atoms with Crippen LogP contribution < -0.4 is 0 Å². The summed E-state index contributed by atoms with van der Waals surface area (Å²) in [6.45, 7) is -0.0676. The van der Waals surface area contributed by atoms with E-state index in [1.165, 1.54) is 4.31 Å². The van der Waals surface area contributed by atoms with Gasteiger partial charge in [-0.25, -0.2) is 8.42 Å². The van der Waals surface area contributed by atoms with E-state index in [2.05, 4.69) is 0 Å². The zero-order valence-electron chi connectivity index (χ0n) is 10.8. The molecule has 0 saturated heterocycles. The van der Waals surface area contributed by atoms with Gasteiger partial charge in [0.25, 0.3) is 0 Å². The van der Waals surface area contributed by atoms with Crippen LogP contribution in [0, 0.1) is 11.3 Å². The molecule has 0 bridgehead atoms. The highest BCUT2D eigenvalue weighted by molar-refractivity contribution is 7.89. The van der Waals surface area contributed by atoms with Gasteiger partial charge in [-0.15, -0.1) is 0 Å². The summed E-state index contributed by atoms with van der Waals surface area (Å²) in [7, 11) is -3.55. The van der Waals surface area contributed by atoms with Gasteiger partial charge in [-0.1, -0.05) is 37.5 Å². The maximum atomic E-state index is 12.6.